The van der Waals surface area contributed by atoms with E-state index in [0.717, 1.165) is 11.3 Å². The molecule has 1 N–H and O–H groups in total. The van der Waals surface area contributed by atoms with Crippen molar-refractivity contribution in [1.82, 2.24) is 9.78 Å². The second-order valence-corrected chi connectivity index (χ2v) is 5.54. The van der Waals surface area contributed by atoms with Crippen molar-refractivity contribution in [2.24, 2.45) is 0 Å². The van der Waals surface area contributed by atoms with Gasteiger partial charge in [0.05, 0.1) is 26.5 Å². The Labute approximate surface area is 136 Å². The second-order valence-electron chi connectivity index (χ2n) is 4.74. The highest BCUT2D eigenvalue weighted by atomic mass is 79.9. The van der Waals surface area contributed by atoms with E-state index in [4.69, 9.17) is 14.6 Å². The third kappa shape index (κ3) is 3.86. The Morgan fingerprint density at radius 3 is 2.64 bits per heavy atom. The summed E-state index contributed by atoms with van der Waals surface area (Å²) in [4.78, 5) is 12.3. The monoisotopic (exact) mass is 368 g/mol. The molecule has 0 bridgehead atoms. The molecule has 1 aromatic heterocycles. The Kier molecular flexibility index (Phi) is 5.57. The molecule has 2 aromatic rings. The fourth-order valence-electron chi connectivity index (χ4n) is 1.80. The fourth-order valence-corrected chi connectivity index (χ4v) is 2.20. The van der Waals surface area contributed by atoms with Gasteiger partial charge in [-0.1, -0.05) is 12.1 Å². The summed E-state index contributed by atoms with van der Waals surface area (Å²) in [6.45, 7) is 1.91. The second kappa shape index (κ2) is 7.42. The number of aliphatic hydroxyl groups excluding tert-OH is 1. The number of rotatable bonds is 6. The SMILES string of the molecule is COc1ccc(Cn2ncc(OC(C)CO)c(Br)c2=O)cc1. The molecule has 0 saturated heterocycles. The quantitative estimate of drug-likeness (QED) is 0.841. The summed E-state index contributed by atoms with van der Waals surface area (Å²) >= 11 is 3.22. The van der Waals surface area contributed by atoms with Gasteiger partial charge in [0.2, 0.25) is 0 Å². The molecule has 0 aliphatic carbocycles. The maximum Gasteiger partial charge on any atom is 0.285 e. The summed E-state index contributed by atoms with van der Waals surface area (Å²) in [5, 5.41) is 13.1. The van der Waals surface area contributed by atoms with Gasteiger partial charge in [0.25, 0.3) is 5.56 Å². The first-order valence-electron chi connectivity index (χ1n) is 6.71. The van der Waals surface area contributed by atoms with Crippen molar-refractivity contribution in [1.29, 1.82) is 0 Å². The summed E-state index contributed by atoms with van der Waals surface area (Å²) in [7, 11) is 1.60. The van der Waals surface area contributed by atoms with E-state index in [1.807, 2.05) is 24.3 Å². The molecule has 0 amide bonds. The number of methoxy groups -OCH3 is 1. The van der Waals surface area contributed by atoms with Crippen molar-refractivity contribution >= 4 is 15.9 Å². The first-order valence-corrected chi connectivity index (χ1v) is 7.50. The number of hydrogen-bond acceptors (Lipinski definition) is 5. The molecule has 1 unspecified atom stereocenters. The van der Waals surface area contributed by atoms with E-state index in [1.54, 1.807) is 14.0 Å². The Morgan fingerprint density at radius 1 is 1.36 bits per heavy atom. The summed E-state index contributed by atoms with van der Waals surface area (Å²) < 4.78 is 12.1. The normalized spacial score (nSPS) is 12.0. The van der Waals surface area contributed by atoms with Gasteiger partial charge in [0.15, 0.2) is 5.75 Å². The molecule has 118 valence electrons. The van der Waals surface area contributed by atoms with E-state index < -0.39 is 6.10 Å². The van der Waals surface area contributed by atoms with Crippen molar-refractivity contribution in [3.05, 3.63) is 50.9 Å². The van der Waals surface area contributed by atoms with E-state index in [2.05, 4.69) is 21.0 Å². The minimum atomic E-state index is -0.407. The van der Waals surface area contributed by atoms with Gasteiger partial charge < -0.3 is 14.6 Å². The largest absolute Gasteiger partial charge is 0.497 e. The molecule has 0 radical (unpaired) electrons. The van der Waals surface area contributed by atoms with Gasteiger partial charge in [-0.25, -0.2) is 4.68 Å². The van der Waals surface area contributed by atoms with Crippen LogP contribution in [-0.4, -0.2) is 34.7 Å². The number of aliphatic hydroxyl groups is 1. The molecule has 0 aliphatic heterocycles. The smallest absolute Gasteiger partial charge is 0.285 e. The molecule has 1 heterocycles. The third-order valence-electron chi connectivity index (χ3n) is 3.03. The zero-order valence-corrected chi connectivity index (χ0v) is 13.9. The Balaban J connectivity index is 2.21. The number of benzene rings is 1. The molecule has 22 heavy (non-hydrogen) atoms. The molecule has 1 aromatic carbocycles. The first-order chi connectivity index (χ1) is 10.5. The highest BCUT2D eigenvalue weighted by Gasteiger charge is 2.12. The number of ether oxygens (including phenoxy) is 2. The lowest BCUT2D eigenvalue weighted by Crippen LogP contribution is -2.26. The molecule has 1 atom stereocenters. The van der Waals surface area contributed by atoms with E-state index in [1.165, 1.54) is 10.9 Å². The number of aromatic nitrogens is 2. The molecule has 0 spiro atoms. The van der Waals surface area contributed by atoms with Crippen LogP contribution in [0.5, 0.6) is 11.5 Å². The van der Waals surface area contributed by atoms with E-state index in [9.17, 15) is 4.79 Å². The number of halogens is 1. The molecule has 2 rings (SSSR count). The maximum atomic E-state index is 12.3. The van der Waals surface area contributed by atoms with Crippen LogP contribution in [0.4, 0.5) is 0 Å². The molecular weight excluding hydrogens is 352 g/mol. The lowest BCUT2D eigenvalue weighted by atomic mass is 10.2. The molecular formula is C15H17BrN2O4. The fraction of sp³-hybridized carbons (Fsp3) is 0.333. The zero-order valence-electron chi connectivity index (χ0n) is 12.3. The van der Waals surface area contributed by atoms with Gasteiger partial charge in [-0.2, -0.15) is 5.10 Å². The lowest BCUT2D eigenvalue weighted by molar-refractivity contribution is 0.128. The van der Waals surface area contributed by atoms with E-state index >= 15 is 0 Å². The number of hydrogen-bond donors (Lipinski definition) is 1. The van der Waals surface area contributed by atoms with Crippen LogP contribution in [0, 0.1) is 0 Å². The van der Waals surface area contributed by atoms with Gasteiger partial charge >= 0.3 is 0 Å². The highest BCUT2D eigenvalue weighted by molar-refractivity contribution is 9.10. The van der Waals surface area contributed by atoms with Gasteiger partial charge in [-0.3, -0.25) is 4.79 Å². The van der Waals surface area contributed by atoms with E-state index in [0.29, 0.717) is 12.3 Å². The average molecular weight is 369 g/mol. The van der Waals surface area contributed by atoms with Crippen LogP contribution in [-0.2, 0) is 6.54 Å². The molecule has 7 heteroatoms. The van der Waals surface area contributed by atoms with Crippen molar-refractivity contribution < 1.29 is 14.6 Å². The summed E-state index contributed by atoms with van der Waals surface area (Å²) in [6, 6.07) is 7.41. The minimum Gasteiger partial charge on any atom is -0.497 e. The first kappa shape index (κ1) is 16.5. The average Bonchev–Trinajstić information content (AvgIpc) is 2.55. The Hall–Kier alpha value is -1.86. The third-order valence-corrected chi connectivity index (χ3v) is 3.76. The van der Waals surface area contributed by atoms with Crippen LogP contribution in [0.2, 0.25) is 0 Å². The van der Waals surface area contributed by atoms with Gasteiger partial charge in [-0.05, 0) is 40.5 Å². The van der Waals surface area contributed by atoms with Crippen LogP contribution < -0.4 is 15.0 Å². The zero-order chi connectivity index (χ0) is 16.1. The predicted octanol–water partition coefficient (Wildman–Crippen LogP) is 1.82. The Morgan fingerprint density at radius 2 is 2.05 bits per heavy atom. The van der Waals surface area contributed by atoms with Crippen molar-refractivity contribution in [2.45, 2.75) is 19.6 Å². The van der Waals surface area contributed by atoms with Crippen LogP contribution in [0.1, 0.15) is 12.5 Å². The molecule has 6 nitrogen and oxygen atoms in total. The molecule has 0 aliphatic rings. The van der Waals surface area contributed by atoms with Crippen LogP contribution in [0.15, 0.2) is 39.7 Å². The highest BCUT2D eigenvalue weighted by Crippen LogP contribution is 2.20. The van der Waals surface area contributed by atoms with Crippen molar-refractivity contribution in [3.63, 3.8) is 0 Å². The lowest BCUT2D eigenvalue weighted by Gasteiger charge is -2.14. The van der Waals surface area contributed by atoms with E-state index in [-0.39, 0.29) is 16.6 Å². The predicted molar refractivity (Wildman–Crippen MR) is 85.5 cm³/mol. The topological polar surface area (TPSA) is 73.6 Å². The standard InChI is InChI=1S/C15H17BrN2O4/c1-10(9-19)22-13-7-17-18(15(20)14(13)16)8-11-3-5-12(21-2)6-4-11/h3-7,10,19H,8-9H2,1-2H3. The van der Waals surface area contributed by atoms with Crippen LogP contribution in [0.3, 0.4) is 0 Å². The minimum absolute atomic E-state index is 0.138. The maximum absolute atomic E-state index is 12.3. The summed E-state index contributed by atoms with van der Waals surface area (Å²) in [5.41, 5.74) is 0.637. The van der Waals surface area contributed by atoms with Crippen molar-refractivity contribution in [2.75, 3.05) is 13.7 Å². The molecule has 0 saturated carbocycles. The van der Waals surface area contributed by atoms with Crippen LogP contribution in [0.25, 0.3) is 0 Å². The molecule has 0 fully saturated rings. The van der Waals surface area contributed by atoms with Crippen molar-refractivity contribution in [3.8, 4) is 11.5 Å². The summed E-state index contributed by atoms with van der Waals surface area (Å²) in [6.07, 6.45) is 1.05. The van der Waals surface area contributed by atoms with Gasteiger partial charge in [-0.15, -0.1) is 0 Å². The summed E-state index contributed by atoms with van der Waals surface area (Å²) in [5.74, 6) is 1.07. The van der Waals surface area contributed by atoms with Gasteiger partial charge in [0, 0.05) is 0 Å². The Bertz CT molecular complexity index is 685. The van der Waals surface area contributed by atoms with Gasteiger partial charge in [0.1, 0.15) is 16.3 Å². The van der Waals surface area contributed by atoms with Crippen LogP contribution >= 0.6 is 15.9 Å². The number of nitrogens with zero attached hydrogens (tertiary/aromatic N) is 2.